The van der Waals surface area contributed by atoms with Crippen LogP contribution in [-0.2, 0) is 6.54 Å². The summed E-state index contributed by atoms with van der Waals surface area (Å²) in [6.45, 7) is 8.19. The lowest BCUT2D eigenvalue weighted by atomic mass is 10.1. The van der Waals surface area contributed by atoms with Gasteiger partial charge in [0.25, 0.3) is 5.91 Å². The maximum Gasteiger partial charge on any atom is 0.255 e. The molecule has 1 heterocycles. The maximum atomic E-state index is 12.6. The monoisotopic (exact) mass is 340 g/mol. The minimum absolute atomic E-state index is 0.127. The molecule has 0 aliphatic carbocycles. The molecule has 2 aromatic carbocycles. The van der Waals surface area contributed by atoms with Crippen LogP contribution in [-0.4, -0.2) is 37.1 Å². The number of hydrogen-bond acceptors (Lipinski definition) is 4. The Morgan fingerprint density at radius 3 is 2.56 bits per heavy atom. The van der Waals surface area contributed by atoms with E-state index in [1.54, 1.807) is 6.07 Å². The largest absolute Gasteiger partial charge is 0.486 e. The summed E-state index contributed by atoms with van der Waals surface area (Å²) in [5.74, 6) is 1.25. The molecule has 1 amide bonds. The summed E-state index contributed by atoms with van der Waals surface area (Å²) in [5, 5.41) is 2.93. The van der Waals surface area contributed by atoms with Crippen molar-refractivity contribution in [2.24, 2.45) is 0 Å². The van der Waals surface area contributed by atoms with Crippen molar-refractivity contribution in [1.29, 1.82) is 0 Å². The first-order valence-corrected chi connectivity index (χ1v) is 8.72. The Kier molecular flexibility index (Phi) is 5.56. The summed E-state index contributed by atoms with van der Waals surface area (Å²) in [5.41, 5.74) is 2.49. The Morgan fingerprint density at radius 2 is 1.80 bits per heavy atom. The van der Waals surface area contributed by atoms with E-state index >= 15 is 0 Å². The lowest BCUT2D eigenvalue weighted by Gasteiger charge is -2.19. The second kappa shape index (κ2) is 8.03. The third-order valence-electron chi connectivity index (χ3n) is 4.29. The fourth-order valence-electron chi connectivity index (χ4n) is 2.84. The normalized spacial score (nSPS) is 12.9. The Bertz CT molecular complexity index is 741. The predicted molar refractivity (Wildman–Crippen MR) is 98.5 cm³/mol. The molecular formula is C20H24N2O3. The molecule has 0 radical (unpaired) electrons. The molecule has 0 bridgehead atoms. The van der Waals surface area contributed by atoms with E-state index in [1.165, 1.54) is 0 Å². The van der Waals surface area contributed by atoms with Crippen molar-refractivity contribution in [2.45, 2.75) is 20.4 Å². The number of anilines is 1. The van der Waals surface area contributed by atoms with E-state index in [9.17, 15) is 4.79 Å². The van der Waals surface area contributed by atoms with E-state index in [0.29, 0.717) is 36.0 Å². The average molecular weight is 340 g/mol. The third-order valence-corrected chi connectivity index (χ3v) is 4.29. The molecule has 3 rings (SSSR count). The molecule has 0 aromatic heterocycles. The Balaban J connectivity index is 1.71. The van der Waals surface area contributed by atoms with Gasteiger partial charge in [0, 0.05) is 23.9 Å². The Morgan fingerprint density at radius 1 is 1.04 bits per heavy atom. The van der Waals surface area contributed by atoms with Gasteiger partial charge >= 0.3 is 0 Å². The third kappa shape index (κ3) is 4.31. The van der Waals surface area contributed by atoms with Gasteiger partial charge in [-0.25, -0.2) is 0 Å². The number of ether oxygens (including phenoxy) is 2. The van der Waals surface area contributed by atoms with Crippen LogP contribution in [0.1, 0.15) is 29.8 Å². The van der Waals surface area contributed by atoms with Crippen LogP contribution in [0.5, 0.6) is 11.5 Å². The van der Waals surface area contributed by atoms with Crippen molar-refractivity contribution >= 4 is 11.6 Å². The molecular weight excluding hydrogens is 316 g/mol. The van der Waals surface area contributed by atoms with Gasteiger partial charge in [0.2, 0.25) is 0 Å². The number of carbonyl (C=O) groups excluding carboxylic acids is 1. The first kappa shape index (κ1) is 17.3. The van der Waals surface area contributed by atoms with Crippen molar-refractivity contribution in [2.75, 3.05) is 31.6 Å². The van der Waals surface area contributed by atoms with E-state index in [2.05, 4.69) is 30.1 Å². The van der Waals surface area contributed by atoms with Crippen LogP contribution in [0.4, 0.5) is 5.69 Å². The molecule has 0 unspecified atom stereocenters. The fraction of sp³-hybridized carbons (Fsp3) is 0.350. The zero-order valence-electron chi connectivity index (χ0n) is 14.7. The van der Waals surface area contributed by atoms with Crippen molar-refractivity contribution in [3.8, 4) is 11.5 Å². The second-order valence-corrected chi connectivity index (χ2v) is 5.97. The lowest BCUT2D eigenvalue weighted by molar-refractivity contribution is 0.102. The highest BCUT2D eigenvalue weighted by Crippen LogP contribution is 2.32. The number of carbonyl (C=O) groups is 1. The van der Waals surface area contributed by atoms with E-state index in [-0.39, 0.29) is 5.91 Å². The number of nitrogens with one attached hydrogen (secondary N) is 1. The molecule has 0 saturated heterocycles. The minimum Gasteiger partial charge on any atom is -0.486 e. The van der Waals surface area contributed by atoms with Gasteiger partial charge in [-0.2, -0.15) is 0 Å². The molecule has 0 spiro atoms. The van der Waals surface area contributed by atoms with Gasteiger partial charge in [-0.3, -0.25) is 9.69 Å². The second-order valence-electron chi connectivity index (χ2n) is 5.97. The fourth-order valence-corrected chi connectivity index (χ4v) is 2.84. The summed E-state index contributed by atoms with van der Waals surface area (Å²) >= 11 is 0. The molecule has 2 aromatic rings. The molecule has 1 N–H and O–H groups in total. The summed E-state index contributed by atoms with van der Waals surface area (Å²) in [6.07, 6.45) is 0. The van der Waals surface area contributed by atoms with Gasteiger partial charge in [-0.15, -0.1) is 0 Å². The molecule has 25 heavy (non-hydrogen) atoms. The van der Waals surface area contributed by atoms with Crippen molar-refractivity contribution < 1.29 is 14.3 Å². The summed E-state index contributed by atoms with van der Waals surface area (Å²) < 4.78 is 11.1. The highest BCUT2D eigenvalue weighted by atomic mass is 16.6. The number of amides is 1. The minimum atomic E-state index is -0.127. The zero-order valence-corrected chi connectivity index (χ0v) is 14.7. The molecule has 0 atom stereocenters. The molecule has 132 valence electrons. The maximum absolute atomic E-state index is 12.6. The van der Waals surface area contributed by atoms with Crippen LogP contribution in [0, 0.1) is 0 Å². The number of fused-ring (bicyclic) bond motifs is 1. The molecule has 5 nitrogen and oxygen atoms in total. The van der Waals surface area contributed by atoms with Gasteiger partial charge in [0.15, 0.2) is 11.5 Å². The van der Waals surface area contributed by atoms with Crippen LogP contribution in [0.2, 0.25) is 0 Å². The van der Waals surface area contributed by atoms with Crippen molar-refractivity contribution in [3.05, 3.63) is 53.6 Å². The molecule has 0 fully saturated rings. The first-order chi connectivity index (χ1) is 12.2. The predicted octanol–water partition coefficient (Wildman–Crippen LogP) is 3.55. The molecule has 1 aliphatic heterocycles. The number of rotatable bonds is 6. The zero-order chi connectivity index (χ0) is 17.6. The van der Waals surface area contributed by atoms with Crippen molar-refractivity contribution in [1.82, 2.24) is 4.90 Å². The molecule has 0 saturated carbocycles. The summed E-state index contributed by atoms with van der Waals surface area (Å²) in [4.78, 5) is 14.9. The number of nitrogens with zero attached hydrogens (tertiary/aromatic N) is 1. The Labute approximate surface area is 148 Å². The van der Waals surface area contributed by atoms with Gasteiger partial charge in [0.1, 0.15) is 13.2 Å². The van der Waals surface area contributed by atoms with E-state index < -0.39 is 0 Å². The highest BCUT2D eigenvalue weighted by Gasteiger charge is 2.14. The topological polar surface area (TPSA) is 50.8 Å². The van der Waals surface area contributed by atoms with Gasteiger partial charge < -0.3 is 14.8 Å². The van der Waals surface area contributed by atoms with Crippen LogP contribution in [0.15, 0.2) is 42.5 Å². The first-order valence-electron chi connectivity index (χ1n) is 8.72. The van der Waals surface area contributed by atoms with Crippen molar-refractivity contribution in [3.63, 3.8) is 0 Å². The number of benzene rings is 2. The van der Waals surface area contributed by atoms with Gasteiger partial charge in [-0.1, -0.05) is 26.0 Å². The quantitative estimate of drug-likeness (QED) is 0.874. The van der Waals surface area contributed by atoms with Crippen LogP contribution in [0.3, 0.4) is 0 Å². The average Bonchev–Trinajstić information content (AvgIpc) is 2.66. The van der Waals surface area contributed by atoms with Gasteiger partial charge in [0.05, 0.1) is 0 Å². The lowest BCUT2D eigenvalue weighted by Crippen LogP contribution is -2.22. The van der Waals surface area contributed by atoms with E-state index in [1.807, 2.05) is 30.3 Å². The number of hydrogen-bond donors (Lipinski definition) is 1. The van der Waals surface area contributed by atoms with Crippen LogP contribution >= 0.6 is 0 Å². The molecule has 1 aliphatic rings. The van der Waals surface area contributed by atoms with E-state index in [4.69, 9.17) is 9.47 Å². The van der Waals surface area contributed by atoms with Crippen LogP contribution < -0.4 is 14.8 Å². The van der Waals surface area contributed by atoms with Gasteiger partial charge in [-0.05, 0) is 42.9 Å². The highest BCUT2D eigenvalue weighted by molar-refractivity contribution is 6.04. The molecule has 5 heteroatoms. The standard InChI is InChI=1S/C20H24N2O3/c1-3-22(4-2)14-15-6-5-7-16(12-15)20(23)21-17-8-9-18-19(13-17)25-11-10-24-18/h5-9,12-13H,3-4,10-11,14H2,1-2H3,(H,21,23). The Hall–Kier alpha value is -2.53. The summed E-state index contributed by atoms with van der Waals surface area (Å²) in [6, 6.07) is 13.2. The SMILES string of the molecule is CCN(CC)Cc1cccc(C(=O)Nc2ccc3c(c2)OCCO3)c1. The van der Waals surface area contributed by atoms with E-state index in [0.717, 1.165) is 25.2 Å². The van der Waals surface area contributed by atoms with Crippen LogP contribution in [0.25, 0.3) is 0 Å². The smallest absolute Gasteiger partial charge is 0.255 e. The summed E-state index contributed by atoms with van der Waals surface area (Å²) in [7, 11) is 0.